The lowest BCUT2D eigenvalue weighted by Gasteiger charge is -2.15. The van der Waals surface area contributed by atoms with E-state index in [1.807, 2.05) is 33.8 Å². The number of nitro benzene ring substituents is 1. The van der Waals surface area contributed by atoms with E-state index >= 15 is 0 Å². The maximum absolute atomic E-state index is 13.3. The molecule has 1 aromatic heterocycles. The highest BCUT2D eigenvalue weighted by Gasteiger charge is 2.21. The molecule has 1 heterocycles. The number of para-hydroxylation sites is 1. The van der Waals surface area contributed by atoms with E-state index in [1.165, 1.54) is 17.0 Å². The maximum Gasteiger partial charge on any atom is 0.311 e. The number of rotatable bonds is 8. The molecule has 0 N–H and O–H groups in total. The molecule has 0 aliphatic rings. The average molecular weight is 501 g/mol. The van der Waals surface area contributed by atoms with E-state index in [0.717, 1.165) is 10.9 Å². The normalized spacial score (nSPS) is 13.4. The minimum absolute atomic E-state index is 0.0196. The number of aromatic nitrogens is 2. The van der Waals surface area contributed by atoms with Gasteiger partial charge in [0.25, 0.3) is 5.56 Å². The first-order valence-electron chi connectivity index (χ1n) is 10.5. The van der Waals surface area contributed by atoms with Crippen molar-refractivity contribution in [3.63, 3.8) is 0 Å². The molecule has 0 spiro atoms. The van der Waals surface area contributed by atoms with Gasteiger partial charge in [-0.1, -0.05) is 42.8 Å². The number of hydrogen-bond donors (Lipinski definition) is 0. The first-order valence-corrected chi connectivity index (χ1v) is 11.3. The Labute approximate surface area is 194 Å². The van der Waals surface area contributed by atoms with E-state index < -0.39 is 4.92 Å². The van der Waals surface area contributed by atoms with Crippen LogP contribution in [0.3, 0.4) is 0 Å². The smallest absolute Gasteiger partial charge is 0.311 e. The molecule has 0 unspecified atom stereocenters. The Kier molecular flexibility index (Phi) is 7.40. The number of nitrogens with zero attached hydrogens (tertiary/aromatic N) is 4. The quantitative estimate of drug-likeness (QED) is 0.226. The second-order valence-electron chi connectivity index (χ2n) is 7.59. The summed E-state index contributed by atoms with van der Waals surface area (Å²) in [5, 5.41) is 16.4. The van der Waals surface area contributed by atoms with Gasteiger partial charge in [-0.3, -0.25) is 14.9 Å². The summed E-state index contributed by atoms with van der Waals surface area (Å²) in [5.41, 5.74) is 0.550. The average Bonchev–Trinajstić information content (AvgIpc) is 2.78. The summed E-state index contributed by atoms with van der Waals surface area (Å²) >= 11 is 3.39. The molecule has 0 saturated heterocycles. The van der Waals surface area contributed by atoms with Crippen molar-refractivity contribution in [3.8, 4) is 5.75 Å². The molecule has 8 nitrogen and oxygen atoms in total. The number of nitro groups is 1. The van der Waals surface area contributed by atoms with Crippen molar-refractivity contribution in [2.45, 2.75) is 52.6 Å². The molecule has 168 valence electrons. The van der Waals surface area contributed by atoms with E-state index in [2.05, 4.69) is 26.0 Å². The molecule has 0 aliphatic heterocycles. The van der Waals surface area contributed by atoms with Crippen LogP contribution in [-0.4, -0.2) is 26.9 Å². The number of halogens is 1. The minimum Gasteiger partial charge on any atom is -0.483 e. The molecule has 0 bridgehead atoms. The zero-order chi connectivity index (χ0) is 23.4. The Morgan fingerprint density at radius 3 is 2.66 bits per heavy atom. The van der Waals surface area contributed by atoms with Crippen LogP contribution < -0.4 is 10.3 Å². The van der Waals surface area contributed by atoms with Crippen molar-refractivity contribution < 1.29 is 9.66 Å². The Hall–Kier alpha value is -3.07. The molecule has 32 heavy (non-hydrogen) atoms. The van der Waals surface area contributed by atoms with Gasteiger partial charge in [0, 0.05) is 22.0 Å². The van der Waals surface area contributed by atoms with E-state index in [9.17, 15) is 14.9 Å². The van der Waals surface area contributed by atoms with Crippen LogP contribution in [0, 0.1) is 10.1 Å². The highest BCUT2D eigenvalue weighted by atomic mass is 79.9. The van der Waals surface area contributed by atoms with Crippen molar-refractivity contribution in [1.29, 1.82) is 0 Å². The highest BCUT2D eigenvalue weighted by molar-refractivity contribution is 9.10. The Bertz CT molecular complexity index is 1240. The van der Waals surface area contributed by atoms with Gasteiger partial charge >= 0.3 is 5.69 Å². The van der Waals surface area contributed by atoms with E-state index in [4.69, 9.17) is 4.74 Å². The first kappa shape index (κ1) is 23.6. The third-order valence-electron chi connectivity index (χ3n) is 5.31. The highest BCUT2D eigenvalue weighted by Crippen LogP contribution is 2.31. The van der Waals surface area contributed by atoms with Crippen LogP contribution in [0.15, 0.2) is 50.8 Å². The van der Waals surface area contributed by atoms with Crippen LogP contribution in [-0.2, 0) is 0 Å². The predicted octanol–water partition coefficient (Wildman–Crippen LogP) is 5.64. The van der Waals surface area contributed by atoms with E-state index in [-0.39, 0.29) is 29.0 Å². The van der Waals surface area contributed by atoms with Crippen LogP contribution in [0.5, 0.6) is 5.75 Å². The molecule has 0 amide bonds. The van der Waals surface area contributed by atoms with Gasteiger partial charge in [0.05, 0.1) is 28.1 Å². The van der Waals surface area contributed by atoms with Gasteiger partial charge in [-0.2, -0.15) is 9.78 Å². The fraction of sp³-hybridized carbons (Fsp3) is 0.348. The van der Waals surface area contributed by atoms with Crippen molar-refractivity contribution in [1.82, 2.24) is 9.66 Å². The monoisotopic (exact) mass is 500 g/mol. The lowest BCUT2D eigenvalue weighted by atomic mass is 10.1. The van der Waals surface area contributed by atoms with Crippen LogP contribution in [0.1, 0.15) is 57.8 Å². The second kappa shape index (κ2) is 10.0. The molecule has 0 aliphatic carbocycles. The van der Waals surface area contributed by atoms with Gasteiger partial charge in [0.15, 0.2) is 0 Å². The summed E-state index contributed by atoms with van der Waals surface area (Å²) in [6, 6.07) is 9.97. The fourth-order valence-electron chi connectivity index (χ4n) is 3.10. The second-order valence-corrected chi connectivity index (χ2v) is 8.51. The first-order chi connectivity index (χ1) is 15.3. The Morgan fingerprint density at radius 1 is 1.25 bits per heavy atom. The summed E-state index contributed by atoms with van der Waals surface area (Å²) in [5.74, 6) is 0.637. The van der Waals surface area contributed by atoms with Crippen molar-refractivity contribution in [2.24, 2.45) is 5.10 Å². The molecule has 0 fully saturated rings. The summed E-state index contributed by atoms with van der Waals surface area (Å²) < 4.78 is 7.88. The molecular formula is C23H25BrN4O4. The maximum atomic E-state index is 13.3. The number of ether oxygens (including phenoxy) is 1. The zero-order valence-corrected chi connectivity index (χ0v) is 20.0. The number of fused-ring (bicyclic) bond motifs is 1. The molecule has 0 radical (unpaired) electrons. The third kappa shape index (κ3) is 4.88. The van der Waals surface area contributed by atoms with Gasteiger partial charge in [0.1, 0.15) is 5.82 Å². The topological polar surface area (TPSA) is 99.6 Å². The van der Waals surface area contributed by atoms with Crippen molar-refractivity contribution in [3.05, 3.63) is 72.7 Å². The zero-order valence-electron chi connectivity index (χ0n) is 18.4. The third-order valence-corrected chi connectivity index (χ3v) is 5.81. The van der Waals surface area contributed by atoms with Crippen LogP contribution >= 0.6 is 15.9 Å². The van der Waals surface area contributed by atoms with Crippen LogP contribution in [0.4, 0.5) is 5.69 Å². The van der Waals surface area contributed by atoms with Crippen molar-refractivity contribution >= 4 is 38.7 Å². The van der Waals surface area contributed by atoms with Crippen LogP contribution in [0.2, 0.25) is 0 Å². The van der Waals surface area contributed by atoms with Gasteiger partial charge in [-0.05, 0) is 44.0 Å². The van der Waals surface area contributed by atoms with Crippen LogP contribution in [0.25, 0.3) is 10.9 Å². The Balaban J connectivity index is 2.20. The van der Waals surface area contributed by atoms with Gasteiger partial charge in [-0.25, -0.2) is 4.98 Å². The molecule has 9 heteroatoms. The molecule has 2 aromatic carbocycles. The predicted molar refractivity (Wildman–Crippen MR) is 129 cm³/mol. The molecular weight excluding hydrogens is 476 g/mol. The minimum atomic E-state index is -0.485. The summed E-state index contributed by atoms with van der Waals surface area (Å²) in [4.78, 5) is 29.0. The van der Waals surface area contributed by atoms with E-state index in [1.54, 1.807) is 24.3 Å². The summed E-state index contributed by atoms with van der Waals surface area (Å²) in [6.07, 6.45) is 2.65. The largest absolute Gasteiger partial charge is 0.483 e. The summed E-state index contributed by atoms with van der Waals surface area (Å²) in [7, 11) is 0. The molecule has 2 atom stereocenters. The number of benzene rings is 2. The van der Waals surface area contributed by atoms with Gasteiger partial charge in [-0.15, -0.1) is 0 Å². The number of hydrogen-bond acceptors (Lipinski definition) is 6. The van der Waals surface area contributed by atoms with Gasteiger partial charge < -0.3 is 4.74 Å². The molecule has 0 saturated carbocycles. The van der Waals surface area contributed by atoms with Crippen molar-refractivity contribution in [2.75, 3.05) is 0 Å². The standard InChI is InChI=1S/C23H25BrN4O4/c1-5-14(3)22-26-19-11-10-17(24)12-18(19)23(29)27(22)25-13-16-8-7-9-20(28(30)31)21(16)32-15(4)6-2/h7-15H,5-6H2,1-4H3/t14-,15-/m0/s1. The van der Waals surface area contributed by atoms with Gasteiger partial charge in [0.2, 0.25) is 5.75 Å². The summed E-state index contributed by atoms with van der Waals surface area (Å²) in [6.45, 7) is 7.76. The lowest BCUT2D eigenvalue weighted by Crippen LogP contribution is -2.23. The lowest BCUT2D eigenvalue weighted by molar-refractivity contribution is -0.386. The molecule has 3 rings (SSSR count). The SMILES string of the molecule is CC[C@H](C)Oc1c(C=Nn2c([C@@H](C)CC)nc3ccc(Br)cc3c2=O)cccc1[N+](=O)[O-]. The molecule has 3 aromatic rings. The fourth-order valence-corrected chi connectivity index (χ4v) is 3.46. The van der Waals surface area contributed by atoms with E-state index in [0.29, 0.717) is 28.7 Å². The Morgan fingerprint density at radius 2 is 2.00 bits per heavy atom.